The molecule has 0 radical (unpaired) electrons. The zero-order chi connectivity index (χ0) is 18.9. The Bertz CT molecular complexity index is 1000. The molecule has 0 N–H and O–H groups in total. The van der Waals surface area contributed by atoms with Gasteiger partial charge in [0.05, 0.1) is 5.39 Å². The van der Waals surface area contributed by atoms with Crippen LogP contribution in [0.3, 0.4) is 0 Å². The summed E-state index contributed by atoms with van der Waals surface area (Å²) in [6, 6.07) is 14.9. The standard InChI is InChI=1S/C22H22O4/c1-14(23)13-25-21-19(24)17-7-5-6-8-18(17)26-20(21)15-9-11-16(12-10-15)22(2,3)4/h5-12H,13H2,1-4H3. The van der Waals surface area contributed by atoms with Crippen LogP contribution in [0.2, 0.25) is 0 Å². The van der Waals surface area contributed by atoms with Crippen molar-refractivity contribution in [2.24, 2.45) is 0 Å². The highest BCUT2D eigenvalue weighted by molar-refractivity contribution is 5.82. The summed E-state index contributed by atoms with van der Waals surface area (Å²) in [6.07, 6.45) is 0. The van der Waals surface area contributed by atoms with Crippen molar-refractivity contribution in [3.8, 4) is 17.1 Å². The molecule has 1 heterocycles. The molecule has 0 saturated heterocycles. The lowest BCUT2D eigenvalue weighted by atomic mass is 9.86. The van der Waals surface area contributed by atoms with Gasteiger partial charge in [0, 0.05) is 5.56 Å². The number of carbonyl (C=O) groups is 1. The van der Waals surface area contributed by atoms with Crippen LogP contribution >= 0.6 is 0 Å². The molecule has 0 saturated carbocycles. The zero-order valence-corrected chi connectivity index (χ0v) is 15.5. The molecule has 0 amide bonds. The molecule has 0 unspecified atom stereocenters. The molecule has 2 aromatic carbocycles. The van der Waals surface area contributed by atoms with E-state index >= 15 is 0 Å². The summed E-state index contributed by atoms with van der Waals surface area (Å²) in [6.45, 7) is 7.66. The third kappa shape index (κ3) is 3.54. The molecule has 0 aliphatic heterocycles. The molecule has 0 aliphatic carbocycles. The minimum Gasteiger partial charge on any atom is -0.478 e. The summed E-state index contributed by atoms with van der Waals surface area (Å²) in [5.74, 6) is 0.254. The van der Waals surface area contributed by atoms with Crippen molar-refractivity contribution in [3.05, 3.63) is 64.3 Å². The van der Waals surface area contributed by atoms with Crippen LogP contribution in [0, 0.1) is 0 Å². The number of benzene rings is 2. The maximum Gasteiger partial charge on any atom is 0.235 e. The molecule has 134 valence electrons. The fourth-order valence-corrected chi connectivity index (χ4v) is 2.74. The van der Waals surface area contributed by atoms with Gasteiger partial charge in [0.15, 0.2) is 11.5 Å². The first-order valence-corrected chi connectivity index (χ1v) is 8.56. The van der Waals surface area contributed by atoms with Crippen molar-refractivity contribution in [1.82, 2.24) is 0 Å². The number of ketones is 1. The number of carbonyl (C=O) groups excluding carboxylic acids is 1. The van der Waals surface area contributed by atoms with Crippen LogP contribution in [0.25, 0.3) is 22.3 Å². The largest absolute Gasteiger partial charge is 0.478 e. The molecule has 0 spiro atoms. The second-order valence-electron chi connectivity index (χ2n) is 7.40. The predicted molar refractivity (Wildman–Crippen MR) is 103 cm³/mol. The minimum absolute atomic E-state index is 0.0245. The van der Waals surface area contributed by atoms with Gasteiger partial charge in [-0.15, -0.1) is 0 Å². The van der Waals surface area contributed by atoms with E-state index in [2.05, 4.69) is 20.8 Å². The fourth-order valence-electron chi connectivity index (χ4n) is 2.74. The van der Waals surface area contributed by atoms with Gasteiger partial charge in [-0.3, -0.25) is 9.59 Å². The Morgan fingerprint density at radius 2 is 1.69 bits per heavy atom. The van der Waals surface area contributed by atoms with Gasteiger partial charge >= 0.3 is 0 Å². The van der Waals surface area contributed by atoms with Crippen LogP contribution in [0.1, 0.15) is 33.3 Å². The van der Waals surface area contributed by atoms with Crippen LogP contribution in [0.5, 0.6) is 5.75 Å². The van der Waals surface area contributed by atoms with E-state index < -0.39 is 0 Å². The third-order valence-electron chi connectivity index (χ3n) is 4.19. The molecule has 26 heavy (non-hydrogen) atoms. The van der Waals surface area contributed by atoms with E-state index in [1.807, 2.05) is 30.3 Å². The van der Waals surface area contributed by atoms with E-state index in [-0.39, 0.29) is 29.0 Å². The maximum absolute atomic E-state index is 12.9. The predicted octanol–water partition coefficient (Wildman–Crippen LogP) is 4.73. The van der Waals surface area contributed by atoms with Crippen LogP contribution in [0.15, 0.2) is 57.7 Å². The van der Waals surface area contributed by atoms with Crippen LogP contribution < -0.4 is 10.2 Å². The monoisotopic (exact) mass is 350 g/mol. The molecule has 0 bridgehead atoms. The summed E-state index contributed by atoms with van der Waals surface area (Å²) in [7, 11) is 0. The van der Waals surface area contributed by atoms with Crippen LogP contribution in [0.4, 0.5) is 0 Å². The average Bonchev–Trinajstić information content (AvgIpc) is 2.60. The smallest absolute Gasteiger partial charge is 0.235 e. The van der Waals surface area contributed by atoms with E-state index in [1.165, 1.54) is 12.5 Å². The van der Waals surface area contributed by atoms with Crippen molar-refractivity contribution in [1.29, 1.82) is 0 Å². The van der Waals surface area contributed by atoms with Gasteiger partial charge in [-0.1, -0.05) is 57.2 Å². The highest BCUT2D eigenvalue weighted by Crippen LogP contribution is 2.32. The summed E-state index contributed by atoms with van der Waals surface area (Å²) in [4.78, 5) is 24.2. The lowest BCUT2D eigenvalue weighted by Crippen LogP contribution is -2.15. The maximum atomic E-state index is 12.9. The number of hydrogen-bond acceptors (Lipinski definition) is 4. The Labute approximate surface area is 152 Å². The van der Waals surface area contributed by atoms with Crippen molar-refractivity contribution < 1.29 is 13.9 Å². The number of hydrogen-bond donors (Lipinski definition) is 0. The summed E-state index contributed by atoms with van der Waals surface area (Å²) >= 11 is 0. The Hall–Kier alpha value is -2.88. The number of fused-ring (bicyclic) bond motifs is 1. The van der Waals surface area contributed by atoms with E-state index in [1.54, 1.807) is 18.2 Å². The molecule has 0 atom stereocenters. The van der Waals surface area contributed by atoms with Crippen LogP contribution in [-0.4, -0.2) is 12.4 Å². The van der Waals surface area contributed by atoms with Gasteiger partial charge in [-0.25, -0.2) is 0 Å². The Kier molecular flexibility index (Phi) is 4.68. The highest BCUT2D eigenvalue weighted by Gasteiger charge is 2.19. The van der Waals surface area contributed by atoms with Crippen molar-refractivity contribution >= 4 is 16.8 Å². The molecular formula is C22H22O4. The van der Waals surface area contributed by atoms with E-state index in [4.69, 9.17) is 9.15 Å². The lowest BCUT2D eigenvalue weighted by molar-refractivity contribution is -0.118. The number of rotatable bonds is 4. The lowest BCUT2D eigenvalue weighted by Gasteiger charge is -2.19. The Morgan fingerprint density at radius 3 is 2.31 bits per heavy atom. The quantitative estimate of drug-likeness (QED) is 0.683. The molecule has 4 heteroatoms. The second kappa shape index (κ2) is 6.79. The summed E-state index contributed by atoms with van der Waals surface area (Å²) in [5.41, 5.74) is 2.15. The zero-order valence-electron chi connectivity index (χ0n) is 15.5. The number of ether oxygens (including phenoxy) is 1. The van der Waals surface area contributed by atoms with E-state index in [0.29, 0.717) is 16.7 Å². The summed E-state index contributed by atoms with van der Waals surface area (Å²) < 4.78 is 11.5. The van der Waals surface area contributed by atoms with E-state index in [0.717, 1.165) is 5.56 Å². The molecule has 3 rings (SSSR count). The number of Topliss-reactive ketones (excluding diaryl/α,β-unsaturated/α-hetero) is 1. The first kappa shape index (κ1) is 17.9. The van der Waals surface area contributed by atoms with Crippen molar-refractivity contribution in [3.63, 3.8) is 0 Å². The number of para-hydroxylation sites is 1. The van der Waals surface area contributed by atoms with E-state index in [9.17, 15) is 9.59 Å². The van der Waals surface area contributed by atoms with Crippen LogP contribution in [-0.2, 0) is 10.2 Å². The van der Waals surface area contributed by atoms with Gasteiger partial charge < -0.3 is 9.15 Å². The topological polar surface area (TPSA) is 56.5 Å². The first-order valence-electron chi connectivity index (χ1n) is 8.56. The van der Waals surface area contributed by atoms with Gasteiger partial charge in [-0.2, -0.15) is 0 Å². The first-order chi connectivity index (χ1) is 12.3. The molecule has 4 nitrogen and oxygen atoms in total. The fraction of sp³-hybridized carbons (Fsp3) is 0.273. The SMILES string of the molecule is CC(=O)COc1c(-c2ccc(C(C)(C)C)cc2)oc2ccccc2c1=O. The Balaban J connectivity index is 2.18. The Morgan fingerprint density at radius 1 is 1.04 bits per heavy atom. The summed E-state index contributed by atoms with van der Waals surface area (Å²) in [5, 5.41) is 0.432. The van der Waals surface area contributed by atoms with Gasteiger partial charge in [-0.05, 0) is 30.0 Å². The highest BCUT2D eigenvalue weighted by atomic mass is 16.5. The van der Waals surface area contributed by atoms with Gasteiger partial charge in [0.25, 0.3) is 0 Å². The molecule has 0 fully saturated rings. The second-order valence-corrected chi connectivity index (χ2v) is 7.40. The molecule has 3 aromatic rings. The average molecular weight is 350 g/mol. The minimum atomic E-state index is -0.275. The van der Waals surface area contributed by atoms with Crippen molar-refractivity contribution in [2.75, 3.05) is 6.61 Å². The molecule has 0 aliphatic rings. The molecule has 1 aromatic heterocycles. The van der Waals surface area contributed by atoms with Gasteiger partial charge in [0.1, 0.15) is 12.2 Å². The van der Waals surface area contributed by atoms with Gasteiger partial charge in [0.2, 0.25) is 11.2 Å². The third-order valence-corrected chi connectivity index (χ3v) is 4.19. The van der Waals surface area contributed by atoms with Crippen molar-refractivity contribution in [2.45, 2.75) is 33.1 Å². The molecular weight excluding hydrogens is 328 g/mol. The normalized spacial score (nSPS) is 11.5.